The van der Waals surface area contributed by atoms with Gasteiger partial charge in [-0.1, -0.05) is 37.9 Å². The summed E-state index contributed by atoms with van der Waals surface area (Å²) in [5, 5.41) is 0.0563. The number of rotatable bonds is 4. The van der Waals surface area contributed by atoms with Crippen molar-refractivity contribution in [3.05, 3.63) is 34.6 Å². The first-order chi connectivity index (χ1) is 10.4. The maximum atomic E-state index is 13.3. The average molecular weight is 329 g/mol. The van der Waals surface area contributed by atoms with Crippen LogP contribution in [0.5, 0.6) is 0 Å². The van der Waals surface area contributed by atoms with Crippen molar-refractivity contribution in [2.24, 2.45) is 11.7 Å². The van der Waals surface area contributed by atoms with Crippen LogP contribution in [0.3, 0.4) is 0 Å². The molecule has 4 nitrogen and oxygen atoms in total. The Morgan fingerprint density at radius 2 is 2.32 bits per heavy atom. The number of nitrogens with zero attached hydrogens (tertiary/aromatic N) is 1. The SMILES string of the molecule is CCC(C)C(N)C(=O)N1CCOC(c2ccc(F)c(Cl)c2)C1. The molecule has 1 saturated heterocycles. The van der Waals surface area contributed by atoms with Gasteiger partial charge in [0.05, 0.1) is 24.2 Å². The monoisotopic (exact) mass is 328 g/mol. The normalized spacial score (nSPS) is 21.5. The molecule has 22 heavy (non-hydrogen) atoms. The zero-order chi connectivity index (χ0) is 16.3. The molecule has 0 saturated carbocycles. The van der Waals surface area contributed by atoms with E-state index in [1.807, 2.05) is 13.8 Å². The Morgan fingerprint density at radius 1 is 1.59 bits per heavy atom. The minimum atomic E-state index is -0.499. The molecule has 2 rings (SSSR count). The number of amides is 1. The predicted octanol–water partition coefficient (Wildman–Crippen LogP) is 2.75. The highest BCUT2D eigenvalue weighted by atomic mass is 35.5. The summed E-state index contributed by atoms with van der Waals surface area (Å²) in [6.45, 7) is 5.35. The van der Waals surface area contributed by atoms with Crippen LogP contribution in [0.15, 0.2) is 18.2 Å². The van der Waals surface area contributed by atoms with E-state index >= 15 is 0 Å². The second kappa shape index (κ2) is 7.40. The number of hydrogen-bond donors (Lipinski definition) is 1. The quantitative estimate of drug-likeness (QED) is 0.924. The van der Waals surface area contributed by atoms with E-state index in [4.69, 9.17) is 22.1 Å². The van der Waals surface area contributed by atoms with Crippen LogP contribution in [0.4, 0.5) is 4.39 Å². The number of hydrogen-bond acceptors (Lipinski definition) is 3. The van der Waals surface area contributed by atoms with Gasteiger partial charge in [-0.05, 0) is 23.6 Å². The molecular weight excluding hydrogens is 307 g/mol. The molecule has 0 aromatic heterocycles. The van der Waals surface area contributed by atoms with Crippen molar-refractivity contribution < 1.29 is 13.9 Å². The van der Waals surface area contributed by atoms with Crippen molar-refractivity contribution in [2.45, 2.75) is 32.4 Å². The Kier molecular flexibility index (Phi) is 5.78. The van der Waals surface area contributed by atoms with E-state index < -0.39 is 11.9 Å². The van der Waals surface area contributed by atoms with Crippen LogP contribution < -0.4 is 5.73 Å². The second-order valence-corrected chi connectivity index (χ2v) is 6.14. The van der Waals surface area contributed by atoms with Crippen LogP contribution in [-0.4, -0.2) is 36.5 Å². The highest BCUT2D eigenvalue weighted by molar-refractivity contribution is 6.30. The first-order valence-corrected chi connectivity index (χ1v) is 7.92. The van der Waals surface area contributed by atoms with E-state index in [-0.39, 0.29) is 23.0 Å². The fourth-order valence-corrected chi connectivity index (χ4v) is 2.66. The molecule has 0 radical (unpaired) electrons. The Hall–Kier alpha value is -1.17. The maximum Gasteiger partial charge on any atom is 0.239 e. The lowest BCUT2D eigenvalue weighted by Crippen LogP contribution is -2.51. The molecule has 1 heterocycles. The Morgan fingerprint density at radius 3 is 2.95 bits per heavy atom. The number of ether oxygens (including phenoxy) is 1. The number of morpholine rings is 1. The number of benzene rings is 1. The summed E-state index contributed by atoms with van der Waals surface area (Å²) in [6.07, 6.45) is 0.550. The van der Waals surface area contributed by atoms with E-state index in [1.165, 1.54) is 6.07 Å². The second-order valence-electron chi connectivity index (χ2n) is 5.73. The summed E-state index contributed by atoms with van der Waals surface area (Å²) in [7, 11) is 0. The van der Waals surface area contributed by atoms with Gasteiger partial charge in [0.15, 0.2) is 0 Å². The minimum Gasteiger partial charge on any atom is -0.370 e. The van der Waals surface area contributed by atoms with Crippen molar-refractivity contribution in [3.8, 4) is 0 Å². The lowest BCUT2D eigenvalue weighted by atomic mass is 9.98. The van der Waals surface area contributed by atoms with Gasteiger partial charge in [0, 0.05) is 6.54 Å². The van der Waals surface area contributed by atoms with Gasteiger partial charge in [-0.25, -0.2) is 4.39 Å². The smallest absolute Gasteiger partial charge is 0.239 e. The van der Waals surface area contributed by atoms with Crippen molar-refractivity contribution in [1.82, 2.24) is 4.90 Å². The van der Waals surface area contributed by atoms with Gasteiger partial charge in [-0.15, -0.1) is 0 Å². The highest BCUT2D eigenvalue weighted by Crippen LogP contribution is 2.26. The molecule has 6 heteroatoms. The fourth-order valence-electron chi connectivity index (χ4n) is 2.47. The topological polar surface area (TPSA) is 55.6 Å². The highest BCUT2D eigenvalue weighted by Gasteiger charge is 2.30. The van der Waals surface area contributed by atoms with E-state index in [9.17, 15) is 9.18 Å². The third-order valence-corrected chi connectivity index (χ3v) is 4.53. The van der Waals surface area contributed by atoms with Crippen molar-refractivity contribution >= 4 is 17.5 Å². The minimum absolute atomic E-state index is 0.0563. The molecule has 1 aliphatic heterocycles. The molecule has 3 atom stereocenters. The summed E-state index contributed by atoms with van der Waals surface area (Å²) >= 11 is 5.81. The zero-order valence-corrected chi connectivity index (χ0v) is 13.6. The van der Waals surface area contributed by atoms with Crippen LogP contribution in [-0.2, 0) is 9.53 Å². The molecule has 1 aromatic carbocycles. The summed E-state index contributed by atoms with van der Waals surface area (Å²) in [5.74, 6) is -0.391. The molecule has 1 fully saturated rings. The van der Waals surface area contributed by atoms with E-state index in [1.54, 1.807) is 17.0 Å². The summed E-state index contributed by atoms with van der Waals surface area (Å²) in [6, 6.07) is 3.99. The molecule has 3 unspecified atom stereocenters. The number of carbonyl (C=O) groups is 1. The zero-order valence-electron chi connectivity index (χ0n) is 12.9. The maximum absolute atomic E-state index is 13.3. The third-order valence-electron chi connectivity index (χ3n) is 4.24. The van der Waals surface area contributed by atoms with Crippen LogP contribution >= 0.6 is 11.6 Å². The Labute approximate surface area is 135 Å². The third kappa shape index (κ3) is 3.77. The molecule has 2 N–H and O–H groups in total. The summed E-state index contributed by atoms with van der Waals surface area (Å²) in [4.78, 5) is 14.2. The Bertz CT molecular complexity index is 541. The molecule has 1 aromatic rings. The number of carbonyl (C=O) groups excluding carboxylic acids is 1. The first-order valence-electron chi connectivity index (χ1n) is 7.55. The largest absolute Gasteiger partial charge is 0.370 e. The van der Waals surface area contributed by atoms with E-state index in [2.05, 4.69) is 0 Å². The predicted molar refractivity (Wildman–Crippen MR) is 84.1 cm³/mol. The van der Waals surface area contributed by atoms with Gasteiger partial charge in [0.2, 0.25) is 5.91 Å². The summed E-state index contributed by atoms with van der Waals surface area (Å²) in [5.41, 5.74) is 6.79. The molecule has 1 amide bonds. The van der Waals surface area contributed by atoms with Gasteiger partial charge in [0.1, 0.15) is 11.9 Å². The van der Waals surface area contributed by atoms with E-state index in [0.29, 0.717) is 19.7 Å². The van der Waals surface area contributed by atoms with Crippen LogP contribution in [0.2, 0.25) is 5.02 Å². The lowest BCUT2D eigenvalue weighted by Gasteiger charge is -2.35. The number of halogens is 2. The molecule has 122 valence electrons. The fraction of sp³-hybridized carbons (Fsp3) is 0.562. The number of nitrogens with two attached hydrogens (primary N) is 1. The van der Waals surface area contributed by atoms with Crippen molar-refractivity contribution in [2.75, 3.05) is 19.7 Å². The molecule has 0 spiro atoms. The standard InChI is InChI=1S/C16H22ClFN2O2/c1-3-10(2)15(19)16(21)20-6-7-22-14(9-20)11-4-5-13(18)12(17)8-11/h4-5,8,10,14-15H,3,6-7,9,19H2,1-2H3. The van der Waals surface area contributed by atoms with Crippen LogP contribution in [0, 0.1) is 11.7 Å². The van der Waals surface area contributed by atoms with Crippen LogP contribution in [0.25, 0.3) is 0 Å². The van der Waals surface area contributed by atoms with Gasteiger partial charge < -0.3 is 15.4 Å². The molecule has 0 aliphatic carbocycles. The van der Waals surface area contributed by atoms with E-state index in [0.717, 1.165) is 12.0 Å². The molecular formula is C16H22ClFN2O2. The van der Waals surface area contributed by atoms with Crippen molar-refractivity contribution in [3.63, 3.8) is 0 Å². The molecule has 0 bridgehead atoms. The summed E-state index contributed by atoms with van der Waals surface area (Å²) < 4.78 is 18.9. The Balaban J connectivity index is 2.08. The van der Waals surface area contributed by atoms with Gasteiger partial charge in [-0.3, -0.25) is 4.79 Å². The van der Waals surface area contributed by atoms with Crippen molar-refractivity contribution in [1.29, 1.82) is 0 Å². The first kappa shape index (κ1) is 17.2. The van der Waals surface area contributed by atoms with Crippen LogP contribution in [0.1, 0.15) is 31.9 Å². The lowest BCUT2D eigenvalue weighted by molar-refractivity contribution is -0.141. The van der Waals surface area contributed by atoms with Gasteiger partial charge in [-0.2, -0.15) is 0 Å². The average Bonchev–Trinajstić information content (AvgIpc) is 2.55. The van der Waals surface area contributed by atoms with Gasteiger partial charge in [0.25, 0.3) is 0 Å². The molecule has 1 aliphatic rings. The van der Waals surface area contributed by atoms with Gasteiger partial charge >= 0.3 is 0 Å².